The van der Waals surface area contributed by atoms with Crippen LogP contribution in [-0.4, -0.2) is 19.7 Å². The van der Waals surface area contributed by atoms with Gasteiger partial charge in [-0.25, -0.2) is 4.39 Å². The van der Waals surface area contributed by atoms with Gasteiger partial charge in [-0.05, 0) is 31.5 Å². The van der Waals surface area contributed by atoms with Gasteiger partial charge in [-0.2, -0.15) is 9.61 Å². The summed E-state index contributed by atoms with van der Waals surface area (Å²) in [6.45, 7) is 3.28. The fourth-order valence-electron chi connectivity index (χ4n) is 2.22. The molecule has 3 rings (SSSR count). The summed E-state index contributed by atoms with van der Waals surface area (Å²) >= 11 is 0. The minimum absolute atomic E-state index is 0.194. The Labute approximate surface area is 113 Å². The average molecular weight is 273 g/mol. The van der Waals surface area contributed by atoms with Crippen LogP contribution in [0.4, 0.5) is 4.39 Å². The van der Waals surface area contributed by atoms with Gasteiger partial charge in [-0.15, -0.1) is 0 Å². The number of H-pyrrole nitrogens is 1. The van der Waals surface area contributed by atoms with Gasteiger partial charge in [0.1, 0.15) is 11.5 Å². The van der Waals surface area contributed by atoms with Crippen molar-refractivity contribution < 1.29 is 9.50 Å². The van der Waals surface area contributed by atoms with Crippen LogP contribution < -0.4 is 5.56 Å². The minimum atomic E-state index is -0.377. The minimum Gasteiger partial charge on any atom is -0.493 e. The molecule has 0 aliphatic heterocycles. The first-order valence-electron chi connectivity index (χ1n) is 6.06. The molecule has 0 radical (unpaired) electrons. The molecule has 2 aromatic heterocycles. The lowest BCUT2D eigenvalue weighted by atomic mass is 10.1. The highest BCUT2D eigenvalue weighted by atomic mass is 19.1. The smallest absolute Gasteiger partial charge is 0.257 e. The predicted octanol–water partition coefficient (Wildman–Crippen LogP) is 2.15. The van der Waals surface area contributed by atoms with E-state index in [1.807, 2.05) is 0 Å². The number of nitrogens with zero attached hydrogens (tertiary/aromatic N) is 2. The van der Waals surface area contributed by atoms with E-state index in [0.717, 1.165) is 5.56 Å². The zero-order chi connectivity index (χ0) is 14.4. The third-order valence-electron chi connectivity index (χ3n) is 3.30. The van der Waals surface area contributed by atoms with Crippen LogP contribution >= 0.6 is 0 Å². The summed E-state index contributed by atoms with van der Waals surface area (Å²) in [4.78, 5) is 14.5. The maximum Gasteiger partial charge on any atom is 0.257 e. The van der Waals surface area contributed by atoms with Crippen molar-refractivity contribution in [2.24, 2.45) is 0 Å². The molecule has 0 saturated carbocycles. The normalized spacial score (nSPS) is 11.2. The molecule has 0 atom stereocenters. The Kier molecular flexibility index (Phi) is 2.60. The maximum atomic E-state index is 13.0. The second-order valence-electron chi connectivity index (χ2n) is 4.63. The Morgan fingerprint density at radius 1 is 1.25 bits per heavy atom. The Morgan fingerprint density at radius 3 is 2.55 bits per heavy atom. The average Bonchev–Trinajstić information content (AvgIpc) is 2.74. The van der Waals surface area contributed by atoms with E-state index in [2.05, 4.69) is 10.1 Å². The standard InChI is InChI=1S/C14H12FN3O2/c1-7-13(19)16-12-11(8(2)17-18(12)14(7)20)9-3-5-10(15)6-4-9/h3-6,20H,1-2H3,(H,16,19). The molecule has 0 fully saturated rings. The molecule has 6 heteroatoms. The van der Waals surface area contributed by atoms with Crippen molar-refractivity contribution in [1.29, 1.82) is 0 Å². The van der Waals surface area contributed by atoms with Gasteiger partial charge in [-0.1, -0.05) is 12.1 Å². The largest absolute Gasteiger partial charge is 0.493 e. The first-order chi connectivity index (χ1) is 9.49. The molecular weight excluding hydrogens is 261 g/mol. The van der Waals surface area contributed by atoms with E-state index in [4.69, 9.17) is 0 Å². The second-order valence-corrected chi connectivity index (χ2v) is 4.63. The van der Waals surface area contributed by atoms with Gasteiger partial charge in [-0.3, -0.25) is 4.79 Å². The number of aromatic nitrogens is 3. The molecule has 1 aromatic carbocycles. The fraction of sp³-hybridized carbons (Fsp3) is 0.143. The molecule has 0 amide bonds. The lowest BCUT2D eigenvalue weighted by molar-refractivity contribution is 0.429. The first kappa shape index (κ1) is 12.4. The van der Waals surface area contributed by atoms with Crippen LogP contribution in [-0.2, 0) is 0 Å². The summed E-state index contributed by atoms with van der Waals surface area (Å²) in [7, 11) is 0. The lowest BCUT2D eigenvalue weighted by Crippen LogP contribution is -2.12. The number of halogens is 1. The number of aryl methyl sites for hydroxylation is 1. The number of aromatic hydroxyl groups is 1. The van der Waals surface area contributed by atoms with Gasteiger partial charge in [0.05, 0.1) is 11.3 Å². The highest BCUT2D eigenvalue weighted by Gasteiger charge is 2.17. The Hall–Kier alpha value is -2.63. The van der Waals surface area contributed by atoms with Crippen LogP contribution in [0.15, 0.2) is 29.1 Å². The highest BCUT2D eigenvalue weighted by molar-refractivity contribution is 5.80. The van der Waals surface area contributed by atoms with Crippen LogP contribution in [0.1, 0.15) is 11.3 Å². The van der Waals surface area contributed by atoms with E-state index in [1.54, 1.807) is 19.1 Å². The maximum absolute atomic E-state index is 13.0. The summed E-state index contributed by atoms with van der Waals surface area (Å²) in [5.74, 6) is -0.532. The number of aromatic amines is 1. The van der Waals surface area contributed by atoms with Gasteiger partial charge in [0.25, 0.3) is 5.56 Å². The molecule has 0 bridgehead atoms. The molecule has 0 aliphatic carbocycles. The van der Waals surface area contributed by atoms with E-state index < -0.39 is 0 Å². The number of nitrogens with one attached hydrogen (secondary N) is 1. The summed E-state index contributed by atoms with van der Waals surface area (Å²) in [5.41, 5.74) is 2.23. The Balaban J connectivity index is 2.39. The van der Waals surface area contributed by atoms with Gasteiger partial charge in [0.15, 0.2) is 0 Å². The molecule has 102 valence electrons. The molecule has 0 saturated heterocycles. The molecule has 0 unspecified atom stereocenters. The van der Waals surface area contributed by atoms with Crippen LogP contribution in [0.3, 0.4) is 0 Å². The second kappa shape index (κ2) is 4.19. The van der Waals surface area contributed by atoms with Gasteiger partial charge in [0, 0.05) is 5.56 Å². The molecule has 20 heavy (non-hydrogen) atoms. The fourth-order valence-corrected chi connectivity index (χ4v) is 2.22. The van der Waals surface area contributed by atoms with Crippen LogP contribution in [0, 0.1) is 19.7 Å². The lowest BCUT2D eigenvalue weighted by Gasteiger charge is -2.03. The van der Waals surface area contributed by atoms with E-state index >= 15 is 0 Å². The summed E-state index contributed by atoms with van der Waals surface area (Å²) in [6, 6.07) is 5.89. The van der Waals surface area contributed by atoms with E-state index in [1.165, 1.54) is 23.6 Å². The van der Waals surface area contributed by atoms with Crippen LogP contribution in [0.5, 0.6) is 5.88 Å². The molecule has 5 nitrogen and oxygen atoms in total. The molecule has 0 spiro atoms. The number of hydrogen-bond acceptors (Lipinski definition) is 3. The van der Waals surface area contributed by atoms with Crippen molar-refractivity contribution in [3.05, 3.63) is 51.7 Å². The Bertz CT molecular complexity index is 863. The quantitative estimate of drug-likeness (QED) is 0.713. The third-order valence-corrected chi connectivity index (χ3v) is 3.30. The number of fused-ring (bicyclic) bond motifs is 1. The molecule has 3 aromatic rings. The van der Waals surface area contributed by atoms with E-state index in [-0.39, 0.29) is 22.8 Å². The monoisotopic (exact) mass is 273 g/mol. The van der Waals surface area contributed by atoms with Crippen LogP contribution in [0.2, 0.25) is 0 Å². The number of hydrogen-bond donors (Lipinski definition) is 2. The van der Waals surface area contributed by atoms with Crippen molar-refractivity contribution in [1.82, 2.24) is 14.6 Å². The van der Waals surface area contributed by atoms with Crippen molar-refractivity contribution in [2.45, 2.75) is 13.8 Å². The zero-order valence-corrected chi connectivity index (χ0v) is 10.9. The van der Waals surface area contributed by atoms with Crippen molar-refractivity contribution in [2.75, 3.05) is 0 Å². The van der Waals surface area contributed by atoms with Gasteiger partial charge in [0.2, 0.25) is 5.88 Å². The van der Waals surface area contributed by atoms with Crippen LogP contribution in [0.25, 0.3) is 16.8 Å². The zero-order valence-electron chi connectivity index (χ0n) is 10.9. The van der Waals surface area contributed by atoms with Gasteiger partial charge < -0.3 is 10.1 Å². The SMILES string of the molecule is Cc1nn2c(O)c(C)c(=O)[nH]c2c1-c1ccc(F)cc1. The summed E-state index contributed by atoms with van der Waals surface area (Å²) in [6.07, 6.45) is 0. The molecular formula is C14H12FN3O2. The molecule has 2 N–H and O–H groups in total. The van der Waals surface area contributed by atoms with Crippen molar-refractivity contribution in [3.63, 3.8) is 0 Å². The molecule has 0 aliphatic rings. The first-order valence-corrected chi connectivity index (χ1v) is 6.06. The predicted molar refractivity (Wildman–Crippen MR) is 72.3 cm³/mol. The van der Waals surface area contributed by atoms with Crippen molar-refractivity contribution in [3.8, 4) is 17.0 Å². The Morgan fingerprint density at radius 2 is 1.90 bits per heavy atom. The van der Waals surface area contributed by atoms with E-state index in [9.17, 15) is 14.3 Å². The third kappa shape index (κ3) is 1.69. The summed E-state index contributed by atoms with van der Waals surface area (Å²) < 4.78 is 14.3. The number of rotatable bonds is 1. The van der Waals surface area contributed by atoms with Crippen molar-refractivity contribution >= 4 is 5.65 Å². The molecule has 2 heterocycles. The summed E-state index contributed by atoms with van der Waals surface area (Å²) in [5, 5.41) is 14.2. The highest BCUT2D eigenvalue weighted by Crippen LogP contribution is 2.28. The topological polar surface area (TPSA) is 70.4 Å². The number of benzene rings is 1. The van der Waals surface area contributed by atoms with E-state index in [0.29, 0.717) is 16.9 Å². The van der Waals surface area contributed by atoms with Gasteiger partial charge >= 0.3 is 0 Å².